The second kappa shape index (κ2) is 9.26. The summed E-state index contributed by atoms with van der Waals surface area (Å²) in [5.74, 6) is 0.978. The molecule has 1 aromatic carbocycles. The first-order chi connectivity index (χ1) is 12.7. The maximum Gasteiger partial charge on any atom is 0.191 e. The predicted octanol–water partition coefficient (Wildman–Crippen LogP) is 2.61. The number of nitrogens with zero attached hydrogens (tertiary/aromatic N) is 3. The van der Waals surface area contributed by atoms with E-state index in [9.17, 15) is 0 Å². The molecule has 5 heteroatoms. The van der Waals surface area contributed by atoms with E-state index in [4.69, 9.17) is 4.99 Å². The van der Waals surface area contributed by atoms with Gasteiger partial charge in [-0.05, 0) is 58.3 Å². The molecule has 1 aromatic rings. The number of hydrogen-bond donors (Lipinski definition) is 2. The number of anilines is 1. The Bertz CT molecular complexity index is 583. The Labute approximate surface area is 158 Å². The van der Waals surface area contributed by atoms with Crippen molar-refractivity contribution in [3.8, 4) is 0 Å². The van der Waals surface area contributed by atoms with Gasteiger partial charge in [0.25, 0.3) is 0 Å². The average molecular weight is 358 g/mol. The molecule has 5 nitrogen and oxygen atoms in total. The van der Waals surface area contributed by atoms with E-state index < -0.39 is 0 Å². The fraction of sp³-hybridized carbons (Fsp3) is 0.667. The van der Waals surface area contributed by atoms with Crippen LogP contribution in [-0.4, -0.2) is 62.2 Å². The minimum absolute atomic E-state index is 0.458. The Morgan fingerprint density at radius 3 is 2.69 bits per heavy atom. The van der Waals surface area contributed by atoms with Crippen molar-refractivity contribution in [3.63, 3.8) is 0 Å². The third-order valence-electron chi connectivity index (χ3n) is 5.64. The molecule has 2 unspecified atom stereocenters. The quantitative estimate of drug-likeness (QED) is 0.607. The van der Waals surface area contributed by atoms with Gasteiger partial charge in [0.05, 0.1) is 6.54 Å². The Morgan fingerprint density at radius 1 is 1.15 bits per heavy atom. The van der Waals surface area contributed by atoms with Crippen LogP contribution in [0.4, 0.5) is 5.69 Å². The normalized spacial score (nSPS) is 24.3. The molecule has 0 amide bonds. The van der Waals surface area contributed by atoms with Crippen molar-refractivity contribution < 1.29 is 0 Å². The van der Waals surface area contributed by atoms with Crippen molar-refractivity contribution in [2.75, 3.05) is 44.2 Å². The lowest BCUT2D eigenvalue weighted by Crippen LogP contribution is -2.45. The van der Waals surface area contributed by atoms with Crippen LogP contribution in [0.25, 0.3) is 0 Å². The van der Waals surface area contributed by atoms with Crippen molar-refractivity contribution in [2.24, 2.45) is 4.99 Å². The van der Waals surface area contributed by atoms with E-state index in [-0.39, 0.29) is 0 Å². The van der Waals surface area contributed by atoms with Gasteiger partial charge in [0, 0.05) is 37.4 Å². The zero-order valence-corrected chi connectivity index (χ0v) is 16.7. The number of guanidine groups is 1. The minimum atomic E-state index is 0.458. The number of rotatable bonds is 6. The van der Waals surface area contributed by atoms with Crippen LogP contribution in [0.2, 0.25) is 0 Å². The van der Waals surface area contributed by atoms with Gasteiger partial charge in [-0.25, -0.2) is 0 Å². The summed E-state index contributed by atoms with van der Waals surface area (Å²) in [6.45, 7) is 12.8. The summed E-state index contributed by atoms with van der Waals surface area (Å²) in [7, 11) is 0. The second-order valence-electron chi connectivity index (χ2n) is 7.56. The zero-order chi connectivity index (χ0) is 18.4. The third-order valence-corrected chi connectivity index (χ3v) is 5.64. The number of aliphatic imine (C=N–C) groups is 1. The lowest BCUT2D eigenvalue weighted by atomic mass is 10.2. The number of likely N-dealkylation sites (N-methyl/N-ethyl adjacent to an activating group) is 1. The number of nitrogens with one attached hydrogen (secondary N) is 2. The SMILES string of the molecule is CCNC(=NCC1CCCN1CC)NC1CCN(c2ccc(C)cc2)C1. The van der Waals surface area contributed by atoms with Crippen molar-refractivity contribution >= 4 is 11.6 Å². The topological polar surface area (TPSA) is 42.9 Å². The molecular weight excluding hydrogens is 322 g/mol. The molecule has 2 atom stereocenters. The van der Waals surface area contributed by atoms with Gasteiger partial charge < -0.3 is 15.5 Å². The van der Waals surface area contributed by atoms with E-state index in [0.29, 0.717) is 12.1 Å². The van der Waals surface area contributed by atoms with Gasteiger partial charge in [-0.1, -0.05) is 24.6 Å². The first-order valence-corrected chi connectivity index (χ1v) is 10.3. The molecule has 3 rings (SSSR count). The van der Waals surface area contributed by atoms with Crippen molar-refractivity contribution in [1.29, 1.82) is 0 Å². The summed E-state index contributed by atoms with van der Waals surface area (Å²) >= 11 is 0. The van der Waals surface area contributed by atoms with E-state index >= 15 is 0 Å². The average Bonchev–Trinajstić information content (AvgIpc) is 3.29. The Kier molecular flexibility index (Phi) is 6.78. The fourth-order valence-electron chi connectivity index (χ4n) is 4.10. The highest BCUT2D eigenvalue weighted by Crippen LogP contribution is 2.21. The summed E-state index contributed by atoms with van der Waals surface area (Å²) in [6.07, 6.45) is 3.75. The summed E-state index contributed by atoms with van der Waals surface area (Å²) in [6, 6.07) is 9.93. The van der Waals surface area contributed by atoms with Crippen molar-refractivity contribution in [3.05, 3.63) is 29.8 Å². The second-order valence-corrected chi connectivity index (χ2v) is 7.56. The maximum atomic E-state index is 4.90. The van der Waals surface area contributed by atoms with Gasteiger partial charge in [-0.3, -0.25) is 9.89 Å². The van der Waals surface area contributed by atoms with E-state index in [1.165, 1.54) is 30.6 Å². The molecule has 2 aliphatic rings. The van der Waals surface area contributed by atoms with Crippen LogP contribution in [-0.2, 0) is 0 Å². The Hall–Kier alpha value is -1.75. The number of benzene rings is 1. The monoisotopic (exact) mass is 357 g/mol. The number of hydrogen-bond acceptors (Lipinski definition) is 3. The van der Waals surface area contributed by atoms with Crippen LogP contribution in [0.15, 0.2) is 29.3 Å². The molecule has 2 aliphatic heterocycles. The third kappa shape index (κ3) is 4.91. The van der Waals surface area contributed by atoms with Crippen molar-refractivity contribution in [2.45, 2.75) is 52.1 Å². The van der Waals surface area contributed by atoms with Gasteiger partial charge in [0.1, 0.15) is 0 Å². The van der Waals surface area contributed by atoms with Crippen LogP contribution in [0, 0.1) is 6.92 Å². The van der Waals surface area contributed by atoms with Gasteiger partial charge in [0.15, 0.2) is 5.96 Å². The first kappa shape index (κ1) is 19.0. The van der Waals surface area contributed by atoms with Crippen LogP contribution < -0.4 is 15.5 Å². The molecule has 0 aromatic heterocycles. The molecule has 144 valence electrons. The van der Waals surface area contributed by atoms with Crippen LogP contribution in [0.1, 0.15) is 38.7 Å². The van der Waals surface area contributed by atoms with E-state index in [2.05, 4.69) is 65.5 Å². The smallest absolute Gasteiger partial charge is 0.191 e. The molecule has 0 aliphatic carbocycles. The molecule has 2 saturated heterocycles. The summed E-state index contributed by atoms with van der Waals surface area (Å²) < 4.78 is 0. The Balaban J connectivity index is 1.54. The molecule has 2 fully saturated rings. The first-order valence-electron chi connectivity index (χ1n) is 10.3. The molecular formula is C21H35N5. The summed E-state index contributed by atoms with van der Waals surface area (Å²) in [4.78, 5) is 9.93. The van der Waals surface area contributed by atoms with E-state index in [1.54, 1.807) is 0 Å². The van der Waals surface area contributed by atoms with Crippen LogP contribution in [0.5, 0.6) is 0 Å². The minimum Gasteiger partial charge on any atom is -0.369 e. The Morgan fingerprint density at radius 2 is 1.96 bits per heavy atom. The lowest BCUT2D eigenvalue weighted by Gasteiger charge is -2.23. The highest BCUT2D eigenvalue weighted by molar-refractivity contribution is 5.80. The summed E-state index contributed by atoms with van der Waals surface area (Å²) in [5.41, 5.74) is 2.64. The van der Waals surface area contributed by atoms with Crippen LogP contribution in [0.3, 0.4) is 0 Å². The highest BCUT2D eigenvalue weighted by atomic mass is 15.3. The van der Waals surface area contributed by atoms with E-state index in [1.807, 2.05) is 0 Å². The predicted molar refractivity (Wildman–Crippen MR) is 111 cm³/mol. The molecule has 0 bridgehead atoms. The summed E-state index contributed by atoms with van der Waals surface area (Å²) in [5, 5.41) is 7.09. The van der Waals surface area contributed by atoms with Gasteiger partial charge in [-0.15, -0.1) is 0 Å². The van der Waals surface area contributed by atoms with Gasteiger partial charge in [0.2, 0.25) is 0 Å². The zero-order valence-electron chi connectivity index (χ0n) is 16.7. The molecule has 2 N–H and O–H groups in total. The standard InChI is InChI=1S/C21H35N5/c1-4-22-21(23-15-20-7-6-13-25(20)5-2)24-18-12-14-26(16-18)19-10-8-17(3)9-11-19/h8-11,18,20H,4-7,12-16H2,1-3H3,(H2,22,23,24). The number of likely N-dealkylation sites (tertiary alicyclic amines) is 1. The molecule has 26 heavy (non-hydrogen) atoms. The molecule has 0 saturated carbocycles. The van der Waals surface area contributed by atoms with E-state index in [0.717, 1.165) is 45.1 Å². The molecule has 2 heterocycles. The van der Waals surface area contributed by atoms with Gasteiger partial charge >= 0.3 is 0 Å². The van der Waals surface area contributed by atoms with Gasteiger partial charge in [-0.2, -0.15) is 0 Å². The maximum absolute atomic E-state index is 4.90. The fourth-order valence-corrected chi connectivity index (χ4v) is 4.10. The highest BCUT2D eigenvalue weighted by Gasteiger charge is 2.25. The lowest BCUT2D eigenvalue weighted by molar-refractivity contribution is 0.273. The molecule has 0 spiro atoms. The molecule has 0 radical (unpaired) electrons. The largest absolute Gasteiger partial charge is 0.369 e. The van der Waals surface area contributed by atoms with Crippen molar-refractivity contribution in [1.82, 2.24) is 15.5 Å². The van der Waals surface area contributed by atoms with Crippen LogP contribution >= 0.6 is 0 Å². The number of aryl methyl sites for hydroxylation is 1.